The number of carbonyl (C=O) groups is 4. The van der Waals surface area contributed by atoms with Crippen LogP contribution >= 0.6 is 0 Å². The van der Waals surface area contributed by atoms with Crippen LogP contribution in [-0.2, 0) is 24.7 Å². The molecule has 1 aromatic rings. The maximum absolute atomic E-state index is 13.9. The average Bonchev–Trinajstić information content (AvgIpc) is 3.42. The summed E-state index contributed by atoms with van der Waals surface area (Å²) in [5.74, 6) is -6.04. The third-order valence-electron chi connectivity index (χ3n) is 6.70. The number of likely N-dealkylation sites (N-methyl/N-ethyl adjacent to an activating group) is 1. The van der Waals surface area contributed by atoms with E-state index >= 15 is 0 Å². The molecule has 1 aromatic heterocycles. The Balaban J connectivity index is 2.05. The van der Waals surface area contributed by atoms with Gasteiger partial charge < -0.3 is 20.9 Å². The third-order valence-corrected chi connectivity index (χ3v) is 6.70. The number of halogens is 3. The topological polar surface area (TPSA) is 149 Å². The number of nitrogens with zero attached hydrogens (tertiary/aromatic N) is 4. The summed E-state index contributed by atoms with van der Waals surface area (Å²) in [5, 5.41) is 20.8. The Morgan fingerprint density at radius 2 is 1.97 bits per heavy atom. The van der Waals surface area contributed by atoms with Crippen LogP contribution in [0.4, 0.5) is 19.0 Å². The van der Waals surface area contributed by atoms with E-state index in [9.17, 15) is 37.6 Å². The monoisotopic (exact) mass is 511 g/mol. The van der Waals surface area contributed by atoms with E-state index in [2.05, 4.69) is 15.7 Å². The minimum atomic E-state index is -5.30. The summed E-state index contributed by atoms with van der Waals surface area (Å²) in [6.07, 6.45) is -5.49. The quantitative estimate of drug-likeness (QED) is 0.515. The van der Waals surface area contributed by atoms with E-state index in [-0.39, 0.29) is 25.3 Å². The number of aromatic nitrogens is 2. The molecule has 3 rings (SSSR count). The van der Waals surface area contributed by atoms with Gasteiger partial charge in [0.2, 0.25) is 11.8 Å². The smallest absolute Gasteiger partial charge is 0.357 e. The lowest BCUT2D eigenvalue weighted by atomic mass is 9.78. The van der Waals surface area contributed by atoms with Gasteiger partial charge in [-0.25, -0.2) is 4.68 Å². The first-order chi connectivity index (χ1) is 16.6. The molecule has 0 aromatic carbocycles. The summed E-state index contributed by atoms with van der Waals surface area (Å²) in [5.41, 5.74) is -3.09. The van der Waals surface area contributed by atoms with Crippen molar-refractivity contribution in [2.75, 3.05) is 18.9 Å². The van der Waals surface area contributed by atoms with Crippen LogP contribution in [0, 0.1) is 30.1 Å². The molecule has 196 valence electrons. The van der Waals surface area contributed by atoms with Gasteiger partial charge in [0, 0.05) is 19.5 Å². The summed E-state index contributed by atoms with van der Waals surface area (Å²) in [7, 11) is 1.17. The molecule has 0 aliphatic carbocycles. The number of likely N-dealkylation sites (tertiary alicyclic amines) is 1. The average molecular weight is 512 g/mol. The lowest BCUT2D eigenvalue weighted by Crippen LogP contribution is -2.66. The molecule has 2 aliphatic heterocycles. The number of aryl methyl sites for hydroxylation is 1. The third kappa shape index (κ3) is 4.38. The van der Waals surface area contributed by atoms with Gasteiger partial charge in [-0.3, -0.25) is 19.2 Å². The van der Waals surface area contributed by atoms with Crippen LogP contribution in [0.15, 0.2) is 6.07 Å². The number of hydrogen-bond donors (Lipinski definition) is 3. The van der Waals surface area contributed by atoms with Gasteiger partial charge in [0.25, 0.3) is 5.91 Å². The van der Waals surface area contributed by atoms with Crippen molar-refractivity contribution in [3.8, 4) is 6.07 Å². The molecule has 1 unspecified atom stereocenters. The molecule has 0 bridgehead atoms. The van der Waals surface area contributed by atoms with Gasteiger partial charge in [0.05, 0.1) is 24.2 Å². The SMILES string of the molecule is CNC(=O)C(C)(NC(=O)C(F)(F)F)[C@H](CC(C)C)C(=O)N1C[C@]2(C[C@H]1C#N)C(=O)Nc1cc(C)nn12. The van der Waals surface area contributed by atoms with Crippen LogP contribution in [0.2, 0.25) is 0 Å². The number of nitriles is 1. The van der Waals surface area contributed by atoms with E-state index in [0.29, 0.717) is 11.5 Å². The molecule has 3 heterocycles. The Labute approximate surface area is 205 Å². The van der Waals surface area contributed by atoms with Crippen LogP contribution in [0.5, 0.6) is 0 Å². The fourth-order valence-electron chi connectivity index (χ4n) is 4.92. The normalized spacial score (nSPS) is 23.6. The van der Waals surface area contributed by atoms with Gasteiger partial charge in [-0.15, -0.1) is 0 Å². The number of alkyl halides is 3. The standard InChI is InChI=1S/C22H28F3N7O4/c1-11(2)6-14(20(4,17(34)27-5)29-19(36)22(23,24)25)16(33)31-10-21(8-13(31)9-26)18(35)28-15-7-12(3)30-32(15)21/h7,11,13-14H,6,8,10H2,1-5H3,(H,27,34)(H,28,35)(H,29,36)/t13-,14+,20?,21+/m0/s1. The lowest BCUT2D eigenvalue weighted by Gasteiger charge is -2.39. The second-order valence-electron chi connectivity index (χ2n) is 9.80. The molecule has 2 aliphatic rings. The number of amides is 4. The van der Waals surface area contributed by atoms with E-state index in [1.54, 1.807) is 32.2 Å². The number of fused-ring (bicyclic) bond motifs is 2. The lowest BCUT2D eigenvalue weighted by molar-refractivity contribution is -0.177. The molecule has 36 heavy (non-hydrogen) atoms. The molecule has 1 spiro atoms. The predicted octanol–water partition coefficient (Wildman–Crippen LogP) is 0.809. The summed E-state index contributed by atoms with van der Waals surface area (Å²) in [4.78, 5) is 52.7. The summed E-state index contributed by atoms with van der Waals surface area (Å²) in [6, 6.07) is 2.50. The zero-order valence-corrected chi connectivity index (χ0v) is 20.5. The molecule has 14 heteroatoms. The first-order valence-corrected chi connectivity index (χ1v) is 11.3. The van der Waals surface area contributed by atoms with E-state index in [4.69, 9.17) is 0 Å². The van der Waals surface area contributed by atoms with Crippen molar-refractivity contribution in [3.63, 3.8) is 0 Å². The van der Waals surface area contributed by atoms with E-state index in [1.807, 2.05) is 6.07 Å². The minimum absolute atomic E-state index is 0.0825. The van der Waals surface area contributed by atoms with E-state index in [1.165, 1.54) is 11.7 Å². The van der Waals surface area contributed by atoms with Crippen molar-refractivity contribution in [2.24, 2.45) is 11.8 Å². The number of nitrogens with one attached hydrogen (secondary N) is 3. The van der Waals surface area contributed by atoms with Gasteiger partial charge in [-0.1, -0.05) is 13.8 Å². The minimum Gasteiger partial charge on any atom is -0.357 e. The first-order valence-electron chi connectivity index (χ1n) is 11.3. The van der Waals surface area contributed by atoms with Crippen LogP contribution < -0.4 is 16.0 Å². The Bertz CT molecular complexity index is 1140. The Kier molecular flexibility index (Phi) is 6.82. The van der Waals surface area contributed by atoms with Crippen molar-refractivity contribution in [1.29, 1.82) is 5.26 Å². The fraction of sp³-hybridized carbons (Fsp3) is 0.636. The van der Waals surface area contributed by atoms with E-state index < -0.39 is 52.8 Å². The molecule has 1 saturated heterocycles. The molecule has 1 fully saturated rings. The van der Waals surface area contributed by atoms with Crippen molar-refractivity contribution < 1.29 is 32.3 Å². The molecular weight excluding hydrogens is 483 g/mol. The number of rotatable bonds is 6. The summed E-state index contributed by atoms with van der Waals surface area (Å²) >= 11 is 0. The molecule has 0 saturated carbocycles. The van der Waals surface area contributed by atoms with Crippen molar-refractivity contribution in [2.45, 2.75) is 63.8 Å². The number of carbonyl (C=O) groups excluding carboxylic acids is 4. The van der Waals surface area contributed by atoms with Gasteiger partial charge in [-0.2, -0.15) is 23.5 Å². The highest BCUT2D eigenvalue weighted by Crippen LogP contribution is 2.42. The molecule has 4 atom stereocenters. The zero-order chi connectivity index (χ0) is 27.2. The van der Waals surface area contributed by atoms with Gasteiger partial charge >= 0.3 is 12.1 Å². The maximum Gasteiger partial charge on any atom is 0.471 e. The number of hydrogen-bond acceptors (Lipinski definition) is 6. The van der Waals surface area contributed by atoms with Crippen molar-refractivity contribution in [3.05, 3.63) is 11.8 Å². The van der Waals surface area contributed by atoms with Crippen molar-refractivity contribution in [1.82, 2.24) is 25.3 Å². The van der Waals surface area contributed by atoms with E-state index in [0.717, 1.165) is 11.8 Å². The molecule has 0 radical (unpaired) electrons. The first kappa shape index (κ1) is 27.0. The second-order valence-corrected chi connectivity index (χ2v) is 9.80. The second kappa shape index (κ2) is 9.11. The van der Waals surface area contributed by atoms with Gasteiger partial charge in [0.15, 0.2) is 5.54 Å². The molecule has 4 amide bonds. The highest BCUT2D eigenvalue weighted by Gasteiger charge is 2.59. The maximum atomic E-state index is 13.9. The largest absolute Gasteiger partial charge is 0.471 e. The Morgan fingerprint density at radius 3 is 2.50 bits per heavy atom. The zero-order valence-electron chi connectivity index (χ0n) is 20.5. The van der Waals surface area contributed by atoms with Gasteiger partial charge in [-0.05, 0) is 26.2 Å². The van der Waals surface area contributed by atoms with Crippen LogP contribution in [0.1, 0.15) is 39.3 Å². The number of anilines is 1. The fourth-order valence-corrected chi connectivity index (χ4v) is 4.92. The van der Waals surface area contributed by atoms with Crippen LogP contribution in [0.3, 0.4) is 0 Å². The molecular formula is C22H28F3N7O4. The van der Waals surface area contributed by atoms with Crippen molar-refractivity contribution >= 4 is 29.4 Å². The Morgan fingerprint density at radius 1 is 1.33 bits per heavy atom. The van der Waals surface area contributed by atoms with Crippen LogP contribution in [-0.4, -0.2) is 69.7 Å². The summed E-state index contributed by atoms with van der Waals surface area (Å²) in [6.45, 7) is 5.88. The molecule has 11 nitrogen and oxygen atoms in total. The highest BCUT2D eigenvalue weighted by atomic mass is 19.4. The highest BCUT2D eigenvalue weighted by molar-refractivity contribution is 6.02. The van der Waals surface area contributed by atoms with Crippen LogP contribution in [0.25, 0.3) is 0 Å². The molecule has 3 N–H and O–H groups in total. The summed E-state index contributed by atoms with van der Waals surface area (Å²) < 4.78 is 40.8. The predicted molar refractivity (Wildman–Crippen MR) is 119 cm³/mol. The van der Waals surface area contributed by atoms with Gasteiger partial charge in [0.1, 0.15) is 17.4 Å². The Hall–Kier alpha value is -3.63.